The fraction of sp³-hybridized carbons (Fsp3) is 0.818. The van der Waals surface area contributed by atoms with E-state index in [0.717, 1.165) is 12.8 Å². The second-order valence-electron chi connectivity index (χ2n) is 4.38. The molecule has 0 bridgehead atoms. The predicted molar refractivity (Wildman–Crippen MR) is 54.9 cm³/mol. The molecule has 0 aromatic carbocycles. The smallest absolute Gasteiger partial charge is 0.223 e. The maximum atomic E-state index is 11.7. The van der Waals surface area contributed by atoms with Crippen LogP contribution in [0.3, 0.4) is 0 Å². The van der Waals surface area contributed by atoms with Gasteiger partial charge >= 0.3 is 0 Å². The maximum Gasteiger partial charge on any atom is 0.223 e. The highest BCUT2D eigenvalue weighted by molar-refractivity contribution is 5.95. The van der Waals surface area contributed by atoms with Crippen LogP contribution in [-0.2, 0) is 9.59 Å². The highest BCUT2D eigenvalue weighted by Gasteiger charge is 2.42. The van der Waals surface area contributed by atoms with E-state index in [0.29, 0.717) is 19.4 Å². The van der Waals surface area contributed by atoms with Crippen LogP contribution >= 0.6 is 0 Å². The first kappa shape index (κ1) is 11.2. The van der Waals surface area contributed by atoms with Crippen molar-refractivity contribution in [1.82, 2.24) is 4.90 Å². The highest BCUT2D eigenvalue weighted by atomic mass is 16.2. The van der Waals surface area contributed by atoms with Crippen LogP contribution in [-0.4, -0.2) is 28.7 Å². The second-order valence-corrected chi connectivity index (χ2v) is 4.38. The summed E-state index contributed by atoms with van der Waals surface area (Å²) < 4.78 is 0. The normalized spacial score (nSPS) is 20.2. The molecule has 0 radical (unpaired) electrons. The first-order valence-electron chi connectivity index (χ1n) is 5.34. The van der Waals surface area contributed by atoms with Crippen molar-refractivity contribution in [3.63, 3.8) is 0 Å². The van der Waals surface area contributed by atoms with Gasteiger partial charge in [-0.05, 0) is 20.3 Å². The van der Waals surface area contributed by atoms with Gasteiger partial charge in [-0.2, -0.15) is 0 Å². The number of rotatable bonds is 3. The Kier molecular flexibility index (Phi) is 3.29. The Balaban J connectivity index is 2.61. The summed E-state index contributed by atoms with van der Waals surface area (Å²) in [4.78, 5) is 25.0. The summed E-state index contributed by atoms with van der Waals surface area (Å²) in [6.07, 6.45) is 3.03. The first-order valence-corrected chi connectivity index (χ1v) is 5.34. The molecule has 0 aromatic heterocycles. The molecular formula is C11H19NO2. The number of hydrogen-bond donors (Lipinski definition) is 0. The van der Waals surface area contributed by atoms with Crippen molar-refractivity contribution < 1.29 is 9.59 Å². The molecule has 0 unspecified atom stereocenters. The fourth-order valence-corrected chi connectivity index (χ4v) is 1.85. The van der Waals surface area contributed by atoms with Crippen molar-refractivity contribution in [2.75, 3.05) is 6.54 Å². The van der Waals surface area contributed by atoms with Gasteiger partial charge < -0.3 is 4.90 Å². The van der Waals surface area contributed by atoms with E-state index in [1.165, 1.54) is 0 Å². The molecule has 0 N–H and O–H groups in total. The summed E-state index contributed by atoms with van der Waals surface area (Å²) in [6.45, 7) is 6.35. The summed E-state index contributed by atoms with van der Waals surface area (Å²) in [5.74, 6) is 0.310. The molecule has 0 atom stereocenters. The highest BCUT2D eigenvalue weighted by Crippen LogP contribution is 2.25. The van der Waals surface area contributed by atoms with E-state index in [2.05, 4.69) is 6.92 Å². The third-order valence-corrected chi connectivity index (χ3v) is 2.96. The minimum absolute atomic E-state index is 0.128. The number of hydrogen-bond acceptors (Lipinski definition) is 2. The third-order valence-electron chi connectivity index (χ3n) is 2.96. The molecular weight excluding hydrogens is 178 g/mol. The van der Waals surface area contributed by atoms with Crippen LogP contribution in [0.4, 0.5) is 0 Å². The van der Waals surface area contributed by atoms with E-state index in [4.69, 9.17) is 0 Å². The molecule has 0 aromatic rings. The zero-order valence-corrected chi connectivity index (χ0v) is 9.30. The number of likely N-dealkylation sites (tertiary alicyclic amines) is 1. The number of amides is 1. The number of nitrogens with zero attached hydrogens (tertiary/aromatic N) is 1. The molecule has 1 fully saturated rings. The summed E-state index contributed by atoms with van der Waals surface area (Å²) >= 11 is 0. The van der Waals surface area contributed by atoms with Gasteiger partial charge in [0.2, 0.25) is 5.91 Å². The lowest BCUT2D eigenvalue weighted by Gasteiger charge is -2.30. The van der Waals surface area contributed by atoms with Gasteiger partial charge in [-0.25, -0.2) is 0 Å². The van der Waals surface area contributed by atoms with Crippen LogP contribution in [0.25, 0.3) is 0 Å². The van der Waals surface area contributed by atoms with E-state index in [1.54, 1.807) is 4.90 Å². The van der Waals surface area contributed by atoms with E-state index in [-0.39, 0.29) is 11.7 Å². The van der Waals surface area contributed by atoms with Gasteiger partial charge in [0.1, 0.15) is 0 Å². The van der Waals surface area contributed by atoms with Crippen LogP contribution in [0, 0.1) is 0 Å². The Morgan fingerprint density at radius 1 is 1.50 bits per heavy atom. The van der Waals surface area contributed by atoms with Crippen LogP contribution in [0.15, 0.2) is 0 Å². The van der Waals surface area contributed by atoms with Crippen molar-refractivity contribution in [2.45, 2.75) is 52.0 Å². The van der Waals surface area contributed by atoms with Crippen molar-refractivity contribution in [1.29, 1.82) is 0 Å². The van der Waals surface area contributed by atoms with Crippen LogP contribution in [0.1, 0.15) is 46.5 Å². The van der Waals surface area contributed by atoms with Gasteiger partial charge in [-0.3, -0.25) is 9.59 Å². The second kappa shape index (κ2) is 4.11. The van der Waals surface area contributed by atoms with Crippen molar-refractivity contribution in [3.05, 3.63) is 0 Å². The molecule has 1 heterocycles. The Morgan fingerprint density at radius 2 is 2.14 bits per heavy atom. The fourth-order valence-electron chi connectivity index (χ4n) is 1.85. The molecule has 3 nitrogen and oxygen atoms in total. The zero-order valence-electron chi connectivity index (χ0n) is 9.30. The summed E-state index contributed by atoms with van der Waals surface area (Å²) in [6, 6.07) is 0. The van der Waals surface area contributed by atoms with Crippen LogP contribution in [0.5, 0.6) is 0 Å². The molecule has 1 aliphatic rings. The molecule has 0 saturated carbocycles. The molecule has 1 amide bonds. The van der Waals surface area contributed by atoms with Crippen molar-refractivity contribution in [3.8, 4) is 0 Å². The lowest BCUT2D eigenvalue weighted by Crippen LogP contribution is -2.46. The first-order chi connectivity index (χ1) is 6.50. The molecule has 80 valence electrons. The van der Waals surface area contributed by atoms with Gasteiger partial charge in [-0.1, -0.05) is 13.3 Å². The van der Waals surface area contributed by atoms with Gasteiger partial charge in [0, 0.05) is 19.4 Å². The molecule has 14 heavy (non-hydrogen) atoms. The molecule has 0 aliphatic carbocycles. The Labute approximate surface area is 85.5 Å². The quantitative estimate of drug-likeness (QED) is 0.691. The lowest BCUT2D eigenvalue weighted by atomic mass is 10.0. The number of carbonyl (C=O) groups is 2. The van der Waals surface area contributed by atoms with Gasteiger partial charge in [0.05, 0.1) is 5.54 Å². The monoisotopic (exact) mass is 197 g/mol. The lowest BCUT2D eigenvalue weighted by molar-refractivity contribution is -0.138. The largest absolute Gasteiger partial charge is 0.330 e. The van der Waals surface area contributed by atoms with Crippen LogP contribution in [0.2, 0.25) is 0 Å². The van der Waals surface area contributed by atoms with Gasteiger partial charge in [0.15, 0.2) is 5.78 Å². The summed E-state index contributed by atoms with van der Waals surface area (Å²) in [7, 11) is 0. The maximum absolute atomic E-state index is 11.7. The number of unbranched alkanes of at least 4 members (excludes halogenated alkanes) is 1. The Hall–Kier alpha value is -0.860. The Morgan fingerprint density at radius 3 is 2.57 bits per heavy atom. The Bertz CT molecular complexity index is 246. The van der Waals surface area contributed by atoms with E-state index in [9.17, 15) is 9.59 Å². The standard InChI is InChI=1S/C11H19NO2/c1-4-5-6-10(14)12-8-7-9(13)11(12,2)3/h4-8H2,1-3H3. The molecule has 1 aliphatic heterocycles. The SMILES string of the molecule is CCCCC(=O)N1CCC(=O)C1(C)C. The summed E-state index contributed by atoms with van der Waals surface area (Å²) in [5.41, 5.74) is -0.565. The molecule has 0 spiro atoms. The summed E-state index contributed by atoms with van der Waals surface area (Å²) in [5, 5.41) is 0. The number of ketones is 1. The molecule has 1 saturated heterocycles. The average molecular weight is 197 g/mol. The predicted octanol–water partition coefficient (Wildman–Crippen LogP) is 1.76. The average Bonchev–Trinajstić information content (AvgIpc) is 2.38. The zero-order chi connectivity index (χ0) is 10.8. The van der Waals surface area contributed by atoms with Crippen LogP contribution < -0.4 is 0 Å². The number of Topliss-reactive ketones (excluding diaryl/α,β-unsaturated/α-hetero) is 1. The topological polar surface area (TPSA) is 37.4 Å². The third kappa shape index (κ3) is 1.97. The van der Waals surface area contributed by atoms with Crippen molar-refractivity contribution in [2.24, 2.45) is 0 Å². The van der Waals surface area contributed by atoms with Gasteiger partial charge in [-0.15, -0.1) is 0 Å². The van der Waals surface area contributed by atoms with E-state index in [1.807, 2.05) is 13.8 Å². The minimum atomic E-state index is -0.565. The van der Waals surface area contributed by atoms with E-state index < -0.39 is 5.54 Å². The molecule has 1 rings (SSSR count). The van der Waals surface area contributed by atoms with Gasteiger partial charge in [0.25, 0.3) is 0 Å². The minimum Gasteiger partial charge on any atom is -0.330 e. The number of carbonyl (C=O) groups excluding carboxylic acids is 2. The van der Waals surface area contributed by atoms with Crippen molar-refractivity contribution >= 4 is 11.7 Å². The molecule has 3 heteroatoms. The van der Waals surface area contributed by atoms with E-state index >= 15 is 0 Å².